The number of para-hydroxylation sites is 1. The second kappa shape index (κ2) is 12.0. The topological polar surface area (TPSA) is 42.8 Å². The molecule has 9 aromatic rings. The van der Waals surface area contributed by atoms with E-state index in [1.165, 1.54) is 44.1 Å². The minimum Gasteiger partial charge on any atom is -0.456 e. The molecule has 0 N–H and O–H groups in total. The van der Waals surface area contributed by atoms with Crippen LogP contribution in [0.3, 0.4) is 0 Å². The molecule has 0 saturated carbocycles. The lowest BCUT2D eigenvalue weighted by molar-refractivity contribution is 0.532. The highest BCUT2D eigenvalue weighted by atomic mass is 16.3. The Balaban J connectivity index is 1.05. The van der Waals surface area contributed by atoms with E-state index in [4.69, 9.17) is 14.4 Å². The van der Waals surface area contributed by atoms with Crippen molar-refractivity contribution in [3.8, 4) is 16.8 Å². The van der Waals surface area contributed by atoms with Gasteiger partial charge in [-0.15, -0.1) is 0 Å². The highest BCUT2D eigenvalue weighted by molar-refractivity contribution is 6.16. The molecule has 55 heavy (non-hydrogen) atoms. The number of nitrogens with zero attached hydrogens (tertiary/aromatic N) is 3. The van der Waals surface area contributed by atoms with E-state index in [2.05, 4.69) is 177 Å². The van der Waals surface area contributed by atoms with Crippen LogP contribution in [-0.4, -0.2) is 16.1 Å². The molecule has 2 atom stereocenters. The van der Waals surface area contributed by atoms with Crippen molar-refractivity contribution in [1.82, 2.24) is 4.57 Å². The molecule has 2 aliphatic rings. The standard InChI is InChI=1S/C51H39N3O/c1-4-35-48(31-15-7-5-8-16-31)52-50(32-17-9-6-10-18-32)53-49(35)33-23-25-37-38-26-24-34(30-45(38)55-44(37)29-33)54-42-22-14-12-20-40(42)46-43(54)28-27-39-36-19-11-13-21-41(36)51(2,3)47(39)46/h5-30,35,49H,4H2,1-3H3. The van der Waals surface area contributed by atoms with Crippen molar-refractivity contribution < 1.29 is 4.42 Å². The van der Waals surface area contributed by atoms with E-state index in [1.54, 1.807) is 0 Å². The number of amidine groups is 1. The minimum absolute atomic E-state index is 0.101. The van der Waals surface area contributed by atoms with Gasteiger partial charge in [-0.1, -0.05) is 142 Å². The highest BCUT2D eigenvalue weighted by Crippen LogP contribution is 2.53. The molecule has 1 aliphatic carbocycles. The lowest BCUT2D eigenvalue weighted by atomic mass is 9.80. The van der Waals surface area contributed by atoms with Gasteiger partial charge in [-0.2, -0.15) is 0 Å². The summed E-state index contributed by atoms with van der Waals surface area (Å²) in [7, 11) is 0. The van der Waals surface area contributed by atoms with E-state index in [-0.39, 0.29) is 17.4 Å². The Morgan fingerprint density at radius 2 is 1.31 bits per heavy atom. The third-order valence-corrected chi connectivity index (χ3v) is 12.2. The van der Waals surface area contributed by atoms with Gasteiger partial charge in [0.1, 0.15) is 11.2 Å². The van der Waals surface area contributed by atoms with Crippen molar-refractivity contribution in [3.05, 3.63) is 186 Å². The molecule has 11 rings (SSSR count). The van der Waals surface area contributed by atoms with E-state index in [0.29, 0.717) is 0 Å². The summed E-state index contributed by atoms with van der Waals surface area (Å²) in [6.07, 6.45) is 0.913. The first-order valence-electron chi connectivity index (χ1n) is 19.4. The first-order chi connectivity index (χ1) is 27.0. The molecule has 0 bridgehead atoms. The van der Waals surface area contributed by atoms with Crippen LogP contribution in [0.4, 0.5) is 0 Å². The van der Waals surface area contributed by atoms with E-state index in [9.17, 15) is 0 Å². The van der Waals surface area contributed by atoms with Gasteiger partial charge in [0.05, 0.1) is 22.8 Å². The van der Waals surface area contributed by atoms with Gasteiger partial charge in [0, 0.05) is 50.2 Å². The molecule has 2 unspecified atom stereocenters. The number of fused-ring (bicyclic) bond motifs is 10. The predicted octanol–water partition coefficient (Wildman–Crippen LogP) is 13.0. The molecule has 3 heterocycles. The van der Waals surface area contributed by atoms with Crippen LogP contribution in [-0.2, 0) is 5.41 Å². The number of hydrogen-bond donors (Lipinski definition) is 0. The second-order valence-electron chi connectivity index (χ2n) is 15.6. The van der Waals surface area contributed by atoms with Crippen LogP contribution in [0.25, 0.3) is 60.6 Å². The van der Waals surface area contributed by atoms with Crippen LogP contribution < -0.4 is 0 Å². The summed E-state index contributed by atoms with van der Waals surface area (Å²) in [5, 5.41) is 4.82. The van der Waals surface area contributed by atoms with Gasteiger partial charge in [-0.25, -0.2) is 4.99 Å². The fraction of sp³-hybridized carbons (Fsp3) is 0.137. The summed E-state index contributed by atoms with van der Waals surface area (Å²) in [5.41, 5.74) is 15.0. The van der Waals surface area contributed by atoms with Crippen molar-refractivity contribution in [2.45, 2.75) is 38.6 Å². The number of aromatic nitrogens is 1. The Labute approximate surface area is 320 Å². The predicted molar refractivity (Wildman–Crippen MR) is 228 cm³/mol. The largest absolute Gasteiger partial charge is 0.456 e. The molecule has 7 aromatic carbocycles. The van der Waals surface area contributed by atoms with Crippen molar-refractivity contribution >= 4 is 55.3 Å². The van der Waals surface area contributed by atoms with Crippen LogP contribution in [0.2, 0.25) is 0 Å². The van der Waals surface area contributed by atoms with Gasteiger partial charge in [0.15, 0.2) is 5.84 Å². The number of benzene rings is 7. The fourth-order valence-electron chi connectivity index (χ4n) is 9.65. The Morgan fingerprint density at radius 1 is 0.618 bits per heavy atom. The van der Waals surface area contributed by atoms with Gasteiger partial charge in [-0.05, 0) is 70.1 Å². The van der Waals surface area contributed by atoms with Gasteiger partial charge in [0.25, 0.3) is 0 Å². The highest BCUT2D eigenvalue weighted by Gasteiger charge is 2.38. The van der Waals surface area contributed by atoms with E-state index in [0.717, 1.165) is 62.3 Å². The third-order valence-electron chi connectivity index (χ3n) is 12.2. The zero-order valence-corrected chi connectivity index (χ0v) is 31.1. The zero-order valence-electron chi connectivity index (χ0n) is 31.1. The Kier molecular flexibility index (Phi) is 6.97. The normalized spacial score (nSPS) is 17.4. The molecule has 264 valence electrons. The van der Waals surface area contributed by atoms with Gasteiger partial charge < -0.3 is 8.98 Å². The fourth-order valence-corrected chi connectivity index (χ4v) is 9.65. The average molecular weight is 710 g/mol. The van der Waals surface area contributed by atoms with Crippen molar-refractivity contribution in [2.24, 2.45) is 15.9 Å². The molecule has 4 nitrogen and oxygen atoms in total. The van der Waals surface area contributed by atoms with Crippen LogP contribution in [0, 0.1) is 5.92 Å². The third kappa shape index (κ3) is 4.70. The Morgan fingerprint density at radius 3 is 2.11 bits per heavy atom. The molecule has 0 amide bonds. The average Bonchev–Trinajstić information content (AvgIpc) is 3.85. The quantitative estimate of drug-likeness (QED) is 0.175. The van der Waals surface area contributed by atoms with Crippen LogP contribution in [0.1, 0.15) is 61.1 Å². The molecule has 4 heteroatoms. The van der Waals surface area contributed by atoms with Crippen molar-refractivity contribution in [2.75, 3.05) is 0 Å². The maximum Gasteiger partial charge on any atom is 0.155 e. The minimum atomic E-state index is -0.116. The molecule has 0 spiro atoms. The van der Waals surface area contributed by atoms with Crippen LogP contribution in [0.15, 0.2) is 172 Å². The summed E-state index contributed by atoms with van der Waals surface area (Å²) < 4.78 is 9.21. The summed E-state index contributed by atoms with van der Waals surface area (Å²) in [4.78, 5) is 10.6. The van der Waals surface area contributed by atoms with Gasteiger partial charge in [0.2, 0.25) is 0 Å². The van der Waals surface area contributed by atoms with Crippen molar-refractivity contribution in [3.63, 3.8) is 0 Å². The number of hydrogen-bond acceptors (Lipinski definition) is 3. The summed E-state index contributed by atoms with van der Waals surface area (Å²) in [6, 6.07) is 56.5. The number of rotatable bonds is 5. The molecule has 0 radical (unpaired) electrons. The molecule has 0 saturated heterocycles. The molecule has 0 fully saturated rings. The van der Waals surface area contributed by atoms with Crippen LogP contribution >= 0.6 is 0 Å². The van der Waals surface area contributed by atoms with E-state index >= 15 is 0 Å². The molecular weight excluding hydrogens is 671 g/mol. The summed E-state index contributed by atoms with van der Waals surface area (Å²) >= 11 is 0. The molecule has 1 aliphatic heterocycles. The molecular formula is C51H39N3O. The zero-order chi connectivity index (χ0) is 36.8. The first kappa shape index (κ1) is 32.0. The lowest BCUT2D eigenvalue weighted by Gasteiger charge is -2.29. The maximum absolute atomic E-state index is 6.80. The summed E-state index contributed by atoms with van der Waals surface area (Å²) in [6.45, 7) is 6.98. The van der Waals surface area contributed by atoms with Crippen LogP contribution in [0.5, 0.6) is 0 Å². The molecule has 2 aromatic heterocycles. The number of aliphatic imine (C=N–C) groups is 2. The van der Waals surface area contributed by atoms with E-state index in [1.807, 2.05) is 6.07 Å². The number of furan rings is 1. The summed E-state index contributed by atoms with van der Waals surface area (Å²) in [5.74, 6) is 0.894. The Hall–Kier alpha value is -6.52. The van der Waals surface area contributed by atoms with Gasteiger partial charge >= 0.3 is 0 Å². The maximum atomic E-state index is 6.80. The van der Waals surface area contributed by atoms with Gasteiger partial charge in [-0.3, -0.25) is 4.99 Å². The lowest BCUT2D eigenvalue weighted by Crippen LogP contribution is -2.28. The SMILES string of the molecule is CCC1C(c2ccccc2)=NC(c2ccccc2)=NC1c1ccc2c(c1)oc1cc(-n3c4ccccc4c4c5c(ccc43)-c3ccccc3C5(C)C)ccc12. The first-order valence-corrected chi connectivity index (χ1v) is 19.4. The van der Waals surface area contributed by atoms with E-state index < -0.39 is 0 Å². The monoisotopic (exact) mass is 709 g/mol. The van der Waals surface area contributed by atoms with Crippen molar-refractivity contribution in [1.29, 1.82) is 0 Å². The smallest absolute Gasteiger partial charge is 0.155 e. The Bertz CT molecular complexity index is 3050. The second-order valence-corrected chi connectivity index (χ2v) is 15.6.